The summed E-state index contributed by atoms with van der Waals surface area (Å²) in [4.78, 5) is 26.2. The van der Waals surface area contributed by atoms with Crippen LogP contribution >= 0.6 is 11.3 Å². The number of carbonyl (C=O) groups is 1. The molecule has 0 spiro atoms. The van der Waals surface area contributed by atoms with Gasteiger partial charge in [-0.2, -0.15) is 0 Å². The van der Waals surface area contributed by atoms with Gasteiger partial charge in [-0.25, -0.2) is 9.97 Å². The first-order valence-electron chi connectivity index (χ1n) is 8.78. The topological polar surface area (TPSA) is 58.6 Å². The number of pyridine rings is 1. The van der Waals surface area contributed by atoms with E-state index in [0.717, 1.165) is 48.2 Å². The Morgan fingerprint density at radius 2 is 2.12 bits per heavy atom. The normalized spacial score (nSPS) is 20.3. The number of ether oxygens (including phenoxy) is 1. The van der Waals surface area contributed by atoms with Crippen LogP contribution in [0.2, 0.25) is 0 Å². The maximum absolute atomic E-state index is 12.6. The Morgan fingerprint density at radius 3 is 2.88 bits per heavy atom. The molecule has 6 nitrogen and oxygen atoms in total. The second kappa shape index (κ2) is 7.00. The maximum atomic E-state index is 12.6. The molecule has 1 atom stereocenters. The third-order valence-corrected chi connectivity index (χ3v) is 5.74. The number of aryl methyl sites for hydroxylation is 1. The van der Waals surface area contributed by atoms with Gasteiger partial charge in [0, 0.05) is 32.3 Å². The first-order chi connectivity index (χ1) is 12.2. The second-order valence-corrected chi connectivity index (χ2v) is 7.42. The van der Waals surface area contributed by atoms with Crippen molar-refractivity contribution in [2.45, 2.75) is 32.3 Å². The molecule has 0 radical (unpaired) electrons. The van der Waals surface area contributed by atoms with Crippen molar-refractivity contribution in [3.63, 3.8) is 0 Å². The van der Waals surface area contributed by atoms with Gasteiger partial charge in [0.15, 0.2) is 11.6 Å². The molecule has 2 aromatic heterocycles. The van der Waals surface area contributed by atoms with Gasteiger partial charge in [0.2, 0.25) is 0 Å². The van der Waals surface area contributed by atoms with Gasteiger partial charge in [0.05, 0.1) is 17.7 Å². The van der Waals surface area contributed by atoms with E-state index in [4.69, 9.17) is 4.74 Å². The molecule has 4 heterocycles. The highest BCUT2D eigenvalue weighted by Gasteiger charge is 2.30. The van der Waals surface area contributed by atoms with Crippen LogP contribution in [-0.2, 0) is 0 Å². The van der Waals surface area contributed by atoms with Crippen LogP contribution < -0.4 is 9.64 Å². The molecule has 0 bridgehead atoms. The minimum Gasteiger partial charge on any atom is -0.485 e. The molecule has 2 aliphatic heterocycles. The van der Waals surface area contributed by atoms with Gasteiger partial charge in [0.1, 0.15) is 11.0 Å². The van der Waals surface area contributed by atoms with Gasteiger partial charge in [-0.15, -0.1) is 11.3 Å². The van der Waals surface area contributed by atoms with Crippen LogP contribution in [0.25, 0.3) is 0 Å². The predicted octanol–water partition coefficient (Wildman–Crippen LogP) is 2.74. The first-order valence-corrected chi connectivity index (χ1v) is 9.66. The molecule has 132 valence electrons. The molecule has 2 aromatic rings. The van der Waals surface area contributed by atoms with Crippen molar-refractivity contribution in [1.29, 1.82) is 0 Å². The van der Waals surface area contributed by atoms with Crippen LogP contribution in [0.4, 0.5) is 5.82 Å². The highest BCUT2D eigenvalue weighted by molar-refractivity contribution is 7.11. The Balaban J connectivity index is 1.43. The van der Waals surface area contributed by atoms with Gasteiger partial charge in [-0.1, -0.05) is 0 Å². The smallest absolute Gasteiger partial charge is 0.265 e. The van der Waals surface area contributed by atoms with E-state index in [1.54, 1.807) is 5.51 Å². The van der Waals surface area contributed by atoms with E-state index in [9.17, 15) is 4.79 Å². The molecule has 1 amide bonds. The first kappa shape index (κ1) is 16.3. The molecular formula is C18H22N4O2S. The third kappa shape index (κ3) is 3.33. The highest BCUT2D eigenvalue weighted by Crippen LogP contribution is 2.30. The minimum atomic E-state index is 0.0164. The van der Waals surface area contributed by atoms with Gasteiger partial charge in [0.25, 0.3) is 5.91 Å². The quantitative estimate of drug-likeness (QED) is 0.841. The lowest BCUT2D eigenvalue weighted by molar-refractivity contribution is 0.0776. The van der Waals surface area contributed by atoms with Gasteiger partial charge in [-0.3, -0.25) is 4.79 Å². The van der Waals surface area contributed by atoms with Crippen LogP contribution in [0.3, 0.4) is 0 Å². The number of thiazole rings is 1. The zero-order valence-corrected chi connectivity index (χ0v) is 15.2. The van der Waals surface area contributed by atoms with Gasteiger partial charge in [-0.05, 0) is 31.9 Å². The van der Waals surface area contributed by atoms with Crippen LogP contribution in [0, 0.1) is 6.92 Å². The van der Waals surface area contributed by atoms with E-state index in [1.165, 1.54) is 24.2 Å². The Hall–Kier alpha value is -2.15. The van der Waals surface area contributed by atoms with Gasteiger partial charge >= 0.3 is 0 Å². The van der Waals surface area contributed by atoms with E-state index in [0.29, 0.717) is 6.54 Å². The lowest BCUT2D eigenvalue weighted by Crippen LogP contribution is -2.31. The van der Waals surface area contributed by atoms with Crippen LogP contribution in [0.1, 0.15) is 34.6 Å². The van der Waals surface area contributed by atoms with E-state index >= 15 is 0 Å². The number of carbonyl (C=O) groups excluding carboxylic acids is 1. The van der Waals surface area contributed by atoms with Crippen LogP contribution in [0.15, 0.2) is 23.8 Å². The maximum Gasteiger partial charge on any atom is 0.265 e. The van der Waals surface area contributed by atoms with Crippen molar-refractivity contribution in [3.05, 3.63) is 34.4 Å². The lowest BCUT2D eigenvalue weighted by atomic mass is 10.3. The molecule has 7 heteroatoms. The van der Waals surface area contributed by atoms with Crippen LogP contribution in [-0.4, -0.2) is 53.1 Å². The molecule has 2 saturated heterocycles. The van der Waals surface area contributed by atoms with Crippen molar-refractivity contribution in [2.75, 3.05) is 31.1 Å². The fraction of sp³-hybridized carbons (Fsp3) is 0.500. The summed E-state index contributed by atoms with van der Waals surface area (Å²) in [5.41, 5.74) is 2.54. The molecule has 0 aromatic carbocycles. The molecule has 0 unspecified atom stereocenters. The molecule has 4 rings (SSSR count). The lowest BCUT2D eigenvalue weighted by Gasteiger charge is -2.22. The fourth-order valence-electron chi connectivity index (χ4n) is 3.48. The summed E-state index contributed by atoms with van der Waals surface area (Å²) >= 11 is 1.41. The number of amides is 1. The summed E-state index contributed by atoms with van der Waals surface area (Å²) in [5, 5.41) is 0. The van der Waals surface area contributed by atoms with Crippen molar-refractivity contribution < 1.29 is 9.53 Å². The molecule has 2 aliphatic rings. The molecule has 0 N–H and O–H groups in total. The fourth-order valence-corrected chi connectivity index (χ4v) is 4.25. The summed E-state index contributed by atoms with van der Waals surface area (Å²) < 4.78 is 6.24. The summed E-state index contributed by atoms with van der Waals surface area (Å²) in [6, 6.07) is 3.89. The molecule has 2 fully saturated rings. The minimum absolute atomic E-state index is 0.0164. The van der Waals surface area contributed by atoms with E-state index in [2.05, 4.69) is 14.9 Å². The van der Waals surface area contributed by atoms with Gasteiger partial charge < -0.3 is 14.5 Å². The van der Waals surface area contributed by atoms with Crippen molar-refractivity contribution in [3.8, 4) is 5.75 Å². The van der Waals surface area contributed by atoms with E-state index in [1.807, 2.05) is 30.2 Å². The standard InChI is InChI=1S/C18H22N4O2S/c1-13-16(25-12-20-13)18(23)22-10-6-14(11-22)24-15-5-4-7-19-17(15)21-8-2-3-9-21/h4-5,7,12,14H,2-3,6,8-11H2,1H3/t14-/m1/s1. The summed E-state index contributed by atoms with van der Waals surface area (Å²) in [6.45, 7) is 5.29. The highest BCUT2D eigenvalue weighted by atomic mass is 32.1. The number of anilines is 1. The zero-order valence-electron chi connectivity index (χ0n) is 14.4. The summed E-state index contributed by atoms with van der Waals surface area (Å²) in [6.07, 6.45) is 5.09. The molecule has 0 saturated carbocycles. The van der Waals surface area contributed by atoms with Crippen molar-refractivity contribution in [2.24, 2.45) is 0 Å². The van der Waals surface area contributed by atoms with Crippen LogP contribution in [0.5, 0.6) is 5.75 Å². The third-order valence-electron chi connectivity index (χ3n) is 4.82. The number of hydrogen-bond acceptors (Lipinski definition) is 6. The van der Waals surface area contributed by atoms with Crippen molar-refractivity contribution >= 4 is 23.1 Å². The number of hydrogen-bond donors (Lipinski definition) is 0. The summed E-state index contributed by atoms with van der Waals surface area (Å²) in [7, 11) is 0. The number of rotatable bonds is 4. The number of nitrogens with zero attached hydrogens (tertiary/aromatic N) is 4. The molecule has 25 heavy (non-hydrogen) atoms. The zero-order chi connectivity index (χ0) is 17.2. The molecule has 0 aliphatic carbocycles. The Bertz CT molecular complexity index is 757. The Morgan fingerprint density at radius 1 is 1.28 bits per heavy atom. The summed E-state index contributed by atoms with van der Waals surface area (Å²) in [5.74, 6) is 1.83. The largest absolute Gasteiger partial charge is 0.485 e. The molecular weight excluding hydrogens is 336 g/mol. The SMILES string of the molecule is Cc1ncsc1C(=O)N1CC[C@@H](Oc2cccnc2N2CCCC2)C1. The van der Waals surface area contributed by atoms with E-state index < -0.39 is 0 Å². The Labute approximate surface area is 151 Å². The van der Waals surface area contributed by atoms with Crippen molar-refractivity contribution in [1.82, 2.24) is 14.9 Å². The second-order valence-electron chi connectivity index (χ2n) is 6.57. The Kier molecular flexibility index (Phi) is 4.57. The van der Waals surface area contributed by atoms with E-state index in [-0.39, 0.29) is 12.0 Å². The number of aromatic nitrogens is 2. The average molecular weight is 358 g/mol. The predicted molar refractivity (Wildman–Crippen MR) is 97.5 cm³/mol. The number of likely N-dealkylation sites (tertiary alicyclic amines) is 1. The monoisotopic (exact) mass is 358 g/mol. The average Bonchev–Trinajstić information content (AvgIpc) is 3.36.